The summed E-state index contributed by atoms with van der Waals surface area (Å²) in [6.45, 7) is 0.397. The average Bonchev–Trinajstić information content (AvgIpc) is 2.36. The molecule has 6 nitrogen and oxygen atoms in total. The van der Waals surface area contributed by atoms with Gasteiger partial charge in [-0.15, -0.1) is 0 Å². The maximum Gasteiger partial charge on any atom is 0.242 e. The van der Waals surface area contributed by atoms with Crippen LogP contribution >= 0.6 is 11.6 Å². The predicted molar refractivity (Wildman–Crippen MR) is 84.3 cm³/mol. The SMILES string of the molecule is CNc1ncc(S(=O)(=O)NCC2(N(C)C)CCC2)cc1Cl. The number of aromatic nitrogens is 1. The molecule has 1 heterocycles. The lowest BCUT2D eigenvalue weighted by Gasteiger charge is -2.47. The van der Waals surface area contributed by atoms with Gasteiger partial charge < -0.3 is 10.2 Å². The van der Waals surface area contributed by atoms with Crippen LogP contribution in [-0.4, -0.2) is 51.5 Å². The third-order valence-corrected chi connectivity index (χ3v) is 5.84. The molecule has 0 amide bonds. The summed E-state index contributed by atoms with van der Waals surface area (Å²) in [6, 6.07) is 1.41. The van der Waals surface area contributed by atoms with Crippen molar-refractivity contribution in [1.29, 1.82) is 0 Å². The predicted octanol–water partition coefficient (Wildman–Crippen LogP) is 1.54. The first-order valence-electron chi connectivity index (χ1n) is 6.81. The zero-order valence-electron chi connectivity index (χ0n) is 12.5. The van der Waals surface area contributed by atoms with E-state index in [1.165, 1.54) is 12.3 Å². The lowest BCUT2D eigenvalue weighted by Crippen LogP contribution is -2.57. The maximum atomic E-state index is 12.3. The molecule has 2 rings (SSSR count). The van der Waals surface area contributed by atoms with Crippen LogP contribution in [0.3, 0.4) is 0 Å². The number of nitrogens with zero attached hydrogens (tertiary/aromatic N) is 2. The molecule has 8 heteroatoms. The molecule has 1 aromatic heterocycles. The van der Waals surface area contributed by atoms with Crippen LogP contribution in [-0.2, 0) is 10.0 Å². The molecular weight excluding hydrogens is 312 g/mol. The molecule has 1 fully saturated rings. The summed E-state index contributed by atoms with van der Waals surface area (Å²) in [5.74, 6) is 0.458. The van der Waals surface area contributed by atoms with E-state index in [1.807, 2.05) is 14.1 Å². The number of nitrogens with one attached hydrogen (secondary N) is 2. The summed E-state index contributed by atoms with van der Waals surface area (Å²) >= 11 is 5.99. The van der Waals surface area contributed by atoms with Gasteiger partial charge in [0.15, 0.2) is 0 Å². The zero-order chi connectivity index (χ0) is 15.7. The molecule has 0 bridgehead atoms. The van der Waals surface area contributed by atoms with Crippen molar-refractivity contribution in [3.8, 4) is 0 Å². The minimum atomic E-state index is -3.60. The topological polar surface area (TPSA) is 74.3 Å². The molecule has 21 heavy (non-hydrogen) atoms. The van der Waals surface area contributed by atoms with Crippen molar-refractivity contribution in [2.75, 3.05) is 33.0 Å². The summed E-state index contributed by atoms with van der Waals surface area (Å²) in [4.78, 5) is 6.18. The Balaban J connectivity index is 2.13. The van der Waals surface area contributed by atoms with Gasteiger partial charge in [0.25, 0.3) is 0 Å². The van der Waals surface area contributed by atoms with E-state index in [0.717, 1.165) is 19.3 Å². The van der Waals surface area contributed by atoms with Crippen LogP contribution in [0.2, 0.25) is 5.02 Å². The Morgan fingerprint density at radius 3 is 2.52 bits per heavy atom. The number of pyridine rings is 1. The van der Waals surface area contributed by atoms with E-state index in [0.29, 0.717) is 12.4 Å². The van der Waals surface area contributed by atoms with Crippen molar-refractivity contribution in [1.82, 2.24) is 14.6 Å². The van der Waals surface area contributed by atoms with Crippen LogP contribution in [0.5, 0.6) is 0 Å². The van der Waals surface area contributed by atoms with Gasteiger partial charge in [-0.25, -0.2) is 18.1 Å². The highest BCUT2D eigenvalue weighted by atomic mass is 35.5. The second-order valence-corrected chi connectivity index (χ2v) is 7.72. The fourth-order valence-corrected chi connectivity index (χ4v) is 3.85. The Hall–Kier alpha value is -0.890. The van der Waals surface area contributed by atoms with Crippen molar-refractivity contribution in [2.24, 2.45) is 0 Å². The Labute approximate surface area is 130 Å². The molecule has 0 aromatic carbocycles. The minimum Gasteiger partial charge on any atom is -0.372 e. The van der Waals surface area contributed by atoms with E-state index in [-0.39, 0.29) is 15.5 Å². The molecular formula is C13H21ClN4O2S. The molecule has 0 radical (unpaired) electrons. The van der Waals surface area contributed by atoms with E-state index in [9.17, 15) is 8.42 Å². The van der Waals surface area contributed by atoms with E-state index < -0.39 is 10.0 Å². The van der Waals surface area contributed by atoms with Gasteiger partial charge in [0.05, 0.1) is 5.02 Å². The smallest absolute Gasteiger partial charge is 0.242 e. The maximum absolute atomic E-state index is 12.3. The van der Waals surface area contributed by atoms with Gasteiger partial charge in [0, 0.05) is 25.3 Å². The first kappa shape index (κ1) is 16.5. The van der Waals surface area contributed by atoms with Crippen LogP contribution in [0.4, 0.5) is 5.82 Å². The van der Waals surface area contributed by atoms with Crippen LogP contribution < -0.4 is 10.0 Å². The highest BCUT2D eigenvalue weighted by molar-refractivity contribution is 7.89. The Bertz CT molecular complexity index is 615. The lowest BCUT2D eigenvalue weighted by molar-refractivity contribution is 0.0657. The van der Waals surface area contributed by atoms with Crippen molar-refractivity contribution < 1.29 is 8.42 Å². The van der Waals surface area contributed by atoms with E-state index >= 15 is 0 Å². The number of likely N-dealkylation sites (N-methyl/N-ethyl adjacent to an activating group) is 1. The summed E-state index contributed by atoms with van der Waals surface area (Å²) in [7, 11) is 2.04. The number of halogens is 1. The van der Waals surface area contributed by atoms with Crippen molar-refractivity contribution in [2.45, 2.75) is 29.7 Å². The fourth-order valence-electron chi connectivity index (χ4n) is 2.43. The van der Waals surface area contributed by atoms with Crippen molar-refractivity contribution in [3.05, 3.63) is 17.3 Å². The third kappa shape index (κ3) is 3.31. The van der Waals surface area contributed by atoms with E-state index in [2.05, 4.69) is 19.9 Å². The molecule has 1 aliphatic rings. The Morgan fingerprint density at radius 1 is 1.43 bits per heavy atom. The van der Waals surface area contributed by atoms with Crippen molar-refractivity contribution in [3.63, 3.8) is 0 Å². The molecule has 0 saturated heterocycles. The number of anilines is 1. The summed E-state index contributed by atoms with van der Waals surface area (Å²) in [5.41, 5.74) is -0.0742. The number of hydrogen-bond acceptors (Lipinski definition) is 5. The highest BCUT2D eigenvalue weighted by Gasteiger charge is 2.39. The standard InChI is InChI=1S/C13H21ClN4O2S/c1-15-12-11(14)7-10(8-16-12)21(19,20)17-9-13(18(2)3)5-4-6-13/h7-8,17H,4-6,9H2,1-3H3,(H,15,16). The first-order chi connectivity index (χ1) is 9.81. The molecule has 0 spiro atoms. The number of rotatable bonds is 6. The van der Waals surface area contributed by atoms with Gasteiger partial charge in [-0.05, 0) is 39.4 Å². The van der Waals surface area contributed by atoms with Gasteiger partial charge in [-0.1, -0.05) is 11.6 Å². The summed E-state index contributed by atoms with van der Waals surface area (Å²) in [6.07, 6.45) is 4.44. The lowest BCUT2D eigenvalue weighted by atomic mass is 9.76. The van der Waals surface area contributed by atoms with E-state index in [1.54, 1.807) is 7.05 Å². The minimum absolute atomic E-state index is 0.0742. The number of sulfonamides is 1. The van der Waals surface area contributed by atoms with Gasteiger partial charge in [-0.2, -0.15) is 0 Å². The first-order valence-corrected chi connectivity index (χ1v) is 8.67. The summed E-state index contributed by atoms with van der Waals surface area (Å²) < 4.78 is 27.4. The van der Waals surface area contributed by atoms with Crippen LogP contribution in [0.15, 0.2) is 17.2 Å². The molecule has 0 atom stereocenters. The molecule has 1 aromatic rings. The normalized spacial score (nSPS) is 17.6. The monoisotopic (exact) mass is 332 g/mol. The van der Waals surface area contributed by atoms with Crippen LogP contribution in [0.1, 0.15) is 19.3 Å². The second-order valence-electron chi connectivity index (χ2n) is 5.55. The number of hydrogen-bond donors (Lipinski definition) is 2. The second kappa shape index (κ2) is 6.08. The fraction of sp³-hybridized carbons (Fsp3) is 0.615. The Kier molecular flexibility index (Phi) is 4.77. The Morgan fingerprint density at radius 2 is 2.10 bits per heavy atom. The molecule has 118 valence electrons. The van der Waals surface area contributed by atoms with Gasteiger partial charge in [0.2, 0.25) is 10.0 Å². The van der Waals surface area contributed by atoms with Crippen LogP contribution in [0.25, 0.3) is 0 Å². The molecule has 1 saturated carbocycles. The summed E-state index contributed by atoms with van der Waals surface area (Å²) in [5, 5.41) is 3.08. The average molecular weight is 333 g/mol. The largest absolute Gasteiger partial charge is 0.372 e. The van der Waals surface area contributed by atoms with Crippen molar-refractivity contribution >= 4 is 27.4 Å². The quantitative estimate of drug-likeness (QED) is 0.826. The van der Waals surface area contributed by atoms with Gasteiger partial charge >= 0.3 is 0 Å². The van der Waals surface area contributed by atoms with Gasteiger partial charge in [0.1, 0.15) is 10.7 Å². The third-order valence-electron chi connectivity index (χ3n) is 4.19. The zero-order valence-corrected chi connectivity index (χ0v) is 14.1. The van der Waals surface area contributed by atoms with Gasteiger partial charge in [-0.3, -0.25) is 0 Å². The molecule has 2 N–H and O–H groups in total. The highest BCUT2D eigenvalue weighted by Crippen LogP contribution is 2.35. The van der Waals surface area contributed by atoms with Crippen LogP contribution in [0, 0.1) is 0 Å². The van der Waals surface area contributed by atoms with E-state index in [4.69, 9.17) is 11.6 Å². The molecule has 0 aliphatic heterocycles. The molecule has 1 aliphatic carbocycles. The molecule has 0 unspecified atom stereocenters.